The normalized spacial score (nSPS) is 36.6. The molecule has 0 radical (unpaired) electrons. The van der Waals surface area contributed by atoms with Gasteiger partial charge in [0.2, 0.25) is 0 Å². The lowest BCUT2D eigenvalue weighted by Gasteiger charge is -2.59. The highest BCUT2D eigenvalue weighted by Gasteiger charge is 2.79. The van der Waals surface area contributed by atoms with E-state index in [0.29, 0.717) is 24.0 Å². The fourth-order valence-electron chi connectivity index (χ4n) is 8.97. The number of carbonyl (C=O) groups is 2. The van der Waals surface area contributed by atoms with Crippen LogP contribution in [0.4, 0.5) is 0 Å². The first-order valence-electron chi connectivity index (χ1n) is 16.2. The van der Waals surface area contributed by atoms with Gasteiger partial charge in [0.1, 0.15) is 23.9 Å². The third-order valence-corrected chi connectivity index (χ3v) is 11.1. The standard InChI is InChI=1S/C38H42O9/c1-22(2)35-18-24(4)38-28(34(35)45-37(46-35,47-38)20-25-10-8-7-9-11-25)15-27(19-36(43-6)31(38)14-23(3)33(36)41)21-44-32(40)17-26-12-13-29(39)30(16-26)42-5/h7-16,24,28,31,34,39H,1,17-21H2,2-6H3/t24-,28+,31-,34-,35-,36-,37?,38-/m1/s1. The number of phenolic OH excluding ortho intramolecular Hbond substituents is 1. The first-order valence-corrected chi connectivity index (χ1v) is 16.2. The highest BCUT2D eigenvalue weighted by atomic mass is 16.9. The quantitative estimate of drug-likeness (QED) is 0.284. The van der Waals surface area contributed by atoms with Crippen molar-refractivity contribution in [2.75, 3.05) is 20.8 Å². The SMILES string of the molecule is C=C(C)[C@]12C[C@@H](C)[C@@]34OC(Cc5ccccc5)(O[C@@H]1[C@@H]3C=C(COC(=O)Cc1ccc(O)c(OC)c1)C[C@]1(OC)C(=O)C(C)=C[C@@H]41)O2. The van der Waals surface area contributed by atoms with E-state index in [1.54, 1.807) is 19.2 Å². The molecule has 1 unspecified atom stereocenters. The Hall–Kier alpha value is -3.76. The largest absolute Gasteiger partial charge is 0.504 e. The molecule has 1 saturated carbocycles. The van der Waals surface area contributed by atoms with Crippen LogP contribution in [-0.2, 0) is 46.1 Å². The van der Waals surface area contributed by atoms with Crippen molar-refractivity contribution in [2.24, 2.45) is 17.8 Å². The Morgan fingerprint density at radius 3 is 2.55 bits per heavy atom. The molecule has 7 rings (SSSR count). The molecule has 47 heavy (non-hydrogen) atoms. The molecule has 2 saturated heterocycles. The van der Waals surface area contributed by atoms with E-state index in [4.69, 9.17) is 28.4 Å². The summed E-state index contributed by atoms with van der Waals surface area (Å²) in [7, 11) is 3.03. The maximum Gasteiger partial charge on any atom is 0.310 e. The number of hydrogen-bond donors (Lipinski definition) is 1. The summed E-state index contributed by atoms with van der Waals surface area (Å²) < 4.78 is 38.5. The third-order valence-electron chi connectivity index (χ3n) is 11.1. The minimum Gasteiger partial charge on any atom is -0.504 e. The van der Waals surface area contributed by atoms with E-state index in [2.05, 4.69) is 19.6 Å². The first-order chi connectivity index (χ1) is 22.4. The molecule has 3 aliphatic carbocycles. The monoisotopic (exact) mass is 642 g/mol. The summed E-state index contributed by atoms with van der Waals surface area (Å²) in [4.78, 5) is 27.3. The molecule has 2 heterocycles. The third kappa shape index (κ3) is 4.65. The second-order valence-electron chi connectivity index (χ2n) is 13.8. The molecule has 5 aliphatic rings. The molecule has 9 nitrogen and oxygen atoms in total. The van der Waals surface area contributed by atoms with Gasteiger partial charge in [-0.25, -0.2) is 0 Å². The van der Waals surface area contributed by atoms with Crippen molar-refractivity contribution in [3.63, 3.8) is 0 Å². The second-order valence-corrected chi connectivity index (χ2v) is 13.8. The minimum absolute atomic E-state index is 0.0108. The molecule has 1 N–H and O–H groups in total. The van der Waals surface area contributed by atoms with Crippen molar-refractivity contribution >= 4 is 11.8 Å². The van der Waals surface area contributed by atoms with Crippen LogP contribution in [0.2, 0.25) is 0 Å². The van der Waals surface area contributed by atoms with Gasteiger partial charge < -0.3 is 33.5 Å². The summed E-state index contributed by atoms with van der Waals surface area (Å²) in [5, 5.41) is 9.95. The molecule has 3 bridgehead atoms. The summed E-state index contributed by atoms with van der Waals surface area (Å²) in [6, 6.07) is 14.7. The lowest BCUT2D eigenvalue weighted by atomic mass is 9.54. The van der Waals surface area contributed by atoms with Gasteiger partial charge in [0.15, 0.2) is 17.3 Å². The van der Waals surface area contributed by atoms with E-state index < -0.39 is 40.8 Å². The summed E-state index contributed by atoms with van der Waals surface area (Å²) in [5.41, 5.74) is 0.849. The summed E-state index contributed by atoms with van der Waals surface area (Å²) >= 11 is 0. The Labute approximate surface area is 275 Å². The van der Waals surface area contributed by atoms with Crippen LogP contribution in [0, 0.1) is 17.8 Å². The van der Waals surface area contributed by atoms with Crippen molar-refractivity contribution < 1.29 is 43.1 Å². The molecule has 2 aromatic rings. The molecule has 0 amide bonds. The smallest absolute Gasteiger partial charge is 0.310 e. The lowest BCUT2D eigenvalue weighted by Crippen LogP contribution is -2.70. The van der Waals surface area contributed by atoms with Gasteiger partial charge >= 0.3 is 5.97 Å². The van der Waals surface area contributed by atoms with Gasteiger partial charge in [-0.1, -0.05) is 62.1 Å². The Morgan fingerprint density at radius 2 is 1.85 bits per heavy atom. The summed E-state index contributed by atoms with van der Waals surface area (Å²) in [6.07, 6.45) is 4.83. The van der Waals surface area contributed by atoms with E-state index in [1.165, 1.54) is 13.2 Å². The summed E-state index contributed by atoms with van der Waals surface area (Å²) in [6.45, 7) is 10.3. The van der Waals surface area contributed by atoms with Gasteiger partial charge in [-0.15, -0.1) is 0 Å². The fourth-order valence-corrected chi connectivity index (χ4v) is 8.97. The van der Waals surface area contributed by atoms with E-state index in [-0.39, 0.29) is 48.6 Å². The Morgan fingerprint density at radius 1 is 1.09 bits per heavy atom. The molecule has 248 valence electrons. The van der Waals surface area contributed by atoms with Crippen LogP contribution in [0.3, 0.4) is 0 Å². The number of ether oxygens (including phenoxy) is 6. The van der Waals surface area contributed by atoms with Crippen LogP contribution in [0.25, 0.3) is 0 Å². The average molecular weight is 643 g/mol. The molecule has 0 spiro atoms. The number of benzene rings is 2. The van der Waals surface area contributed by atoms with Crippen molar-refractivity contribution in [1.82, 2.24) is 0 Å². The zero-order valence-corrected chi connectivity index (χ0v) is 27.5. The van der Waals surface area contributed by atoms with Crippen LogP contribution in [0.1, 0.15) is 44.7 Å². The maximum atomic E-state index is 14.1. The van der Waals surface area contributed by atoms with Gasteiger partial charge in [0, 0.05) is 25.4 Å². The number of fused-ring (bicyclic) bond motifs is 2. The number of rotatable bonds is 9. The van der Waals surface area contributed by atoms with Crippen LogP contribution in [0.15, 0.2) is 84.0 Å². The minimum atomic E-state index is -1.39. The molecular formula is C38H42O9. The van der Waals surface area contributed by atoms with Crippen molar-refractivity contribution in [3.8, 4) is 11.5 Å². The van der Waals surface area contributed by atoms with E-state index in [1.807, 2.05) is 50.3 Å². The topological polar surface area (TPSA) is 110 Å². The molecular weight excluding hydrogens is 600 g/mol. The Balaban J connectivity index is 1.29. The van der Waals surface area contributed by atoms with Gasteiger partial charge in [0.05, 0.1) is 25.6 Å². The molecule has 3 fully saturated rings. The van der Waals surface area contributed by atoms with Gasteiger partial charge in [-0.2, -0.15) is 0 Å². The van der Waals surface area contributed by atoms with Crippen LogP contribution in [0.5, 0.6) is 11.5 Å². The van der Waals surface area contributed by atoms with Crippen molar-refractivity contribution in [2.45, 2.75) is 75.3 Å². The molecule has 2 aromatic carbocycles. The number of phenols is 1. The van der Waals surface area contributed by atoms with Crippen LogP contribution < -0.4 is 4.74 Å². The van der Waals surface area contributed by atoms with E-state index in [9.17, 15) is 14.7 Å². The average Bonchev–Trinajstić information content (AvgIpc) is 3.36. The van der Waals surface area contributed by atoms with Crippen LogP contribution in [-0.4, -0.2) is 66.6 Å². The van der Waals surface area contributed by atoms with E-state index >= 15 is 0 Å². The lowest BCUT2D eigenvalue weighted by molar-refractivity contribution is -0.421. The predicted molar refractivity (Wildman–Crippen MR) is 171 cm³/mol. The Bertz CT molecular complexity index is 1700. The Kier molecular flexibility index (Phi) is 7.55. The number of Topliss-reactive ketones (excluding diaryl/α,β-unsaturated/α-hetero) is 1. The first kappa shape index (κ1) is 31.8. The molecule has 0 aromatic heterocycles. The van der Waals surface area contributed by atoms with E-state index in [0.717, 1.165) is 16.7 Å². The number of hydrogen-bond acceptors (Lipinski definition) is 9. The number of ketones is 1. The predicted octanol–water partition coefficient (Wildman–Crippen LogP) is 5.40. The van der Waals surface area contributed by atoms with Gasteiger partial charge in [-0.3, -0.25) is 9.59 Å². The fraction of sp³-hybridized carbons (Fsp3) is 0.474. The summed E-state index contributed by atoms with van der Waals surface area (Å²) in [5.74, 6) is -2.58. The zero-order chi connectivity index (χ0) is 33.4. The van der Waals surface area contributed by atoms with Gasteiger partial charge in [0.25, 0.3) is 5.97 Å². The number of methoxy groups -OCH3 is 2. The number of carbonyl (C=O) groups excluding carboxylic acids is 2. The highest BCUT2D eigenvalue weighted by molar-refractivity contribution is 6.05. The molecule has 9 heteroatoms. The second kappa shape index (κ2) is 11.2. The zero-order valence-electron chi connectivity index (χ0n) is 27.5. The van der Waals surface area contributed by atoms with Gasteiger partial charge in [-0.05, 0) is 66.2 Å². The van der Waals surface area contributed by atoms with Crippen molar-refractivity contribution in [1.29, 1.82) is 0 Å². The highest BCUT2D eigenvalue weighted by Crippen LogP contribution is 2.68. The number of aromatic hydroxyl groups is 1. The maximum absolute atomic E-state index is 14.1. The van der Waals surface area contributed by atoms with Crippen LogP contribution >= 0.6 is 0 Å². The number of esters is 1. The molecule has 8 atom stereocenters. The van der Waals surface area contributed by atoms with Crippen molar-refractivity contribution in [3.05, 3.63) is 95.1 Å². The molecule has 2 aliphatic heterocycles.